The van der Waals surface area contributed by atoms with E-state index in [0.717, 1.165) is 17.2 Å². The molecule has 0 aliphatic rings. The Kier molecular flexibility index (Phi) is 4.10. The summed E-state index contributed by atoms with van der Waals surface area (Å²) >= 11 is 0. The summed E-state index contributed by atoms with van der Waals surface area (Å²) in [6.45, 7) is 2.21. The third-order valence-electron chi connectivity index (χ3n) is 3.80. The smallest absolute Gasteiger partial charge is 0.127 e. The lowest BCUT2D eigenvalue weighted by Crippen LogP contribution is -1.95. The molecule has 3 rings (SSSR count). The fourth-order valence-electron chi connectivity index (χ4n) is 2.43. The summed E-state index contributed by atoms with van der Waals surface area (Å²) in [5.41, 5.74) is 9.00. The van der Waals surface area contributed by atoms with Crippen molar-refractivity contribution in [3.8, 4) is 11.5 Å². The van der Waals surface area contributed by atoms with Gasteiger partial charge in [-0.1, -0.05) is 49.4 Å². The van der Waals surface area contributed by atoms with E-state index in [1.807, 2.05) is 42.5 Å². The molecule has 0 saturated heterocycles. The molecule has 0 saturated carbocycles. The Morgan fingerprint density at radius 3 is 1.77 bits per heavy atom. The van der Waals surface area contributed by atoms with Gasteiger partial charge in [-0.3, -0.25) is 0 Å². The molecule has 0 amide bonds. The highest BCUT2D eigenvalue weighted by Gasteiger charge is 2.08. The Bertz CT molecular complexity index is 718. The molecule has 0 bridgehead atoms. The molecular formula is C20H19NO. The van der Waals surface area contributed by atoms with E-state index in [-0.39, 0.29) is 0 Å². The number of hydrogen-bond donors (Lipinski definition) is 1. The molecule has 3 aromatic rings. The number of benzene rings is 3. The van der Waals surface area contributed by atoms with E-state index in [4.69, 9.17) is 10.5 Å². The van der Waals surface area contributed by atoms with Crippen LogP contribution in [0.4, 0.5) is 5.69 Å². The SMILES string of the molecule is CC(c1ccccc1)c1ccc(Oc2ccc(N)cc2)cc1. The minimum absolute atomic E-state index is 0.367. The molecule has 110 valence electrons. The Morgan fingerprint density at radius 2 is 1.18 bits per heavy atom. The van der Waals surface area contributed by atoms with Crippen molar-refractivity contribution < 1.29 is 4.74 Å². The Balaban J connectivity index is 1.74. The van der Waals surface area contributed by atoms with Crippen LogP contribution in [0.15, 0.2) is 78.9 Å². The van der Waals surface area contributed by atoms with E-state index in [0.29, 0.717) is 5.92 Å². The fraction of sp³-hybridized carbons (Fsp3) is 0.100. The van der Waals surface area contributed by atoms with Gasteiger partial charge in [-0.25, -0.2) is 0 Å². The number of anilines is 1. The molecule has 0 aromatic heterocycles. The zero-order chi connectivity index (χ0) is 15.4. The van der Waals surface area contributed by atoms with E-state index in [2.05, 4.69) is 43.3 Å². The molecule has 0 radical (unpaired) electrons. The number of ether oxygens (including phenoxy) is 1. The normalized spacial score (nSPS) is 11.9. The van der Waals surface area contributed by atoms with Gasteiger partial charge in [-0.2, -0.15) is 0 Å². The highest BCUT2D eigenvalue weighted by molar-refractivity contribution is 5.43. The van der Waals surface area contributed by atoms with Crippen molar-refractivity contribution >= 4 is 5.69 Å². The first-order valence-electron chi connectivity index (χ1n) is 7.41. The number of nitrogen functional groups attached to an aromatic ring is 1. The Morgan fingerprint density at radius 1 is 0.682 bits per heavy atom. The molecule has 2 heteroatoms. The van der Waals surface area contributed by atoms with Crippen molar-refractivity contribution in [2.24, 2.45) is 0 Å². The lowest BCUT2D eigenvalue weighted by atomic mass is 9.93. The van der Waals surface area contributed by atoms with Crippen molar-refractivity contribution in [3.05, 3.63) is 90.0 Å². The van der Waals surface area contributed by atoms with Gasteiger partial charge in [-0.05, 0) is 47.5 Å². The Hall–Kier alpha value is -2.74. The highest BCUT2D eigenvalue weighted by Crippen LogP contribution is 2.27. The molecule has 0 aliphatic heterocycles. The molecule has 22 heavy (non-hydrogen) atoms. The van der Waals surface area contributed by atoms with E-state index >= 15 is 0 Å². The van der Waals surface area contributed by atoms with Crippen LogP contribution in [0, 0.1) is 0 Å². The van der Waals surface area contributed by atoms with Gasteiger partial charge in [-0.15, -0.1) is 0 Å². The van der Waals surface area contributed by atoms with Gasteiger partial charge < -0.3 is 10.5 Å². The van der Waals surface area contributed by atoms with Gasteiger partial charge in [0, 0.05) is 11.6 Å². The van der Waals surface area contributed by atoms with E-state index in [1.165, 1.54) is 11.1 Å². The van der Waals surface area contributed by atoms with Crippen molar-refractivity contribution in [2.75, 3.05) is 5.73 Å². The molecule has 2 nitrogen and oxygen atoms in total. The summed E-state index contributed by atoms with van der Waals surface area (Å²) in [6.07, 6.45) is 0. The maximum absolute atomic E-state index is 5.82. The predicted molar refractivity (Wildman–Crippen MR) is 91.3 cm³/mol. The second-order valence-corrected chi connectivity index (χ2v) is 5.37. The standard InChI is InChI=1S/C20H19NO/c1-15(16-5-3-2-4-6-16)17-7-11-19(12-8-17)22-20-13-9-18(21)10-14-20/h2-15H,21H2,1H3. The molecule has 0 spiro atoms. The van der Waals surface area contributed by atoms with Crippen molar-refractivity contribution in [3.63, 3.8) is 0 Å². The second-order valence-electron chi connectivity index (χ2n) is 5.37. The summed E-state index contributed by atoms with van der Waals surface area (Å²) in [6, 6.07) is 26.2. The summed E-state index contributed by atoms with van der Waals surface area (Å²) in [7, 11) is 0. The lowest BCUT2D eigenvalue weighted by molar-refractivity contribution is 0.482. The van der Waals surface area contributed by atoms with Gasteiger partial charge in [0.05, 0.1) is 0 Å². The molecule has 2 N–H and O–H groups in total. The Labute approximate surface area is 131 Å². The summed E-state index contributed by atoms with van der Waals surface area (Å²) in [4.78, 5) is 0. The van der Waals surface area contributed by atoms with Gasteiger partial charge in [0.25, 0.3) is 0 Å². The van der Waals surface area contributed by atoms with Crippen LogP contribution in [0.3, 0.4) is 0 Å². The maximum atomic E-state index is 5.82. The van der Waals surface area contributed by atoms with Crippen LogP contribution < -0.4 is 10.5 Å². The van der Waals surface area contributed by atoms with Crippen LogP contribution in [-0.4, -0.2) is 0 Å². The largest absolute Gasteiger partial charge is 0.457 e. The molecule has 3 aromatic carbocycles. The van der Waals surface area contributed by atoms with Gasteiger partial charge >= 0.3 is 0 Å². The van der Waals surface area contributed by atoms with Gasteiger partial charge in [0.1, 0.15) is 11.5 Å². The topological polar surface area (TPSA) is 35.2 Å². The van der Waals surface area contributed by atoms with Crippen LogP contribution in [0.5, 0.6) is 11.5 Å². The number of hydrogen-bond acceptors (Lipinski definition) is 2. The molecular weight excluding hydrogens is 270 g/mol. The summed E-state index contributed by atoms with van der Waals surface area (Å²) in [5.74, 6) is 1.98. The summed E-state index contributed by atoms with van der Waals surface area (Å²) < 4.78 is 5.82. The molecule has 1 unspecified atom stereocenters. The van der Waals surface area contributed by atoms with E-state index in [9.17, 15) is 0 Å². The number of rotatable bonds is 4. The monoisotopic (exact) mass is 289 g/mol. The molecule has 0 aliphatic carbocycles. The van der Waals surface area contributed by atoms with Gasteiger partial charge in [0.2, 0.25) is 0 Å². The zero-order valence-corrected chi connectivity index (χ0v) is 12.6. The maximum Gasteiger partial charge on any atom is 0.127 e. The first kappa shape index (κ1) is 14.2. The predicted octanol–water partition coefficient (Wildman–Crippen LogP) is 5.21. The van der Waals surface area contributed by atoms with E-state index in [1.54, 1.807) is 0 Å². The average molecular weight is 289 g/mol. The minimum Gasteiger partial charge on any atom is -0.457 e. The van der Waals surface area contributed by atoms with Crippen LogP contribution in [0.1, 0.15) is 24.0 Å². The minimum atomic E-state index is 0.367. The number of nitrogens with two attached hydrogens (primary N) is 1. The van der Waals surface area contributed by atoms with Crippen molar-refractivity contribution in [1.82, 2.24) is 0 Å². The first-order chi connectivity index (χ1) is 10.7. The van der Waals surface area contributed by atoms with Gasteiger partial charge in [0.15, 0.2) is 0 Å². The quantitative estimate of drug-likeness (QED) is 0.669. The van der Waals surface area contributed by atoms with Crippen molar-refractivity contribution in [1.29, 1.82) is 0 Å². The van der Waals surface area contributed by atoms with Crippen LogP contribution in [0.2, 0.25) is 0 Å². The third-order valence-corrected chi connectivity index (χ3v) is 3.80. The van der Waals surface area contributed by atoms with Crippen molar-refractivity contribution in [2.45, 2.75) is 12.8 Å². The molecule has 0 heterocycles. The van der Waals surface area contributed by atoms with Crippen LogP contribution in [0.25, 0.3) is 0 Å². The second kappa shape index (κ2) is 6.35. The zero-order valence-electron chi connectivity index (χ0n) is 12.6. The third kappa shape index (κ3) is 3.29. The lowest BCUT2D eigenvalue weighted by Gasteiger charge is -2.13. The highest BCUT2D eigenvalue weighted by atomic mass is 16.5. The van der Waals surface area contributed by atoms with Crippen LogP contribution >= 0.6 is 0 Å². The molecule has 1 atom stereocenters. The average Bonchev–Trinajstić information content (AvgIpc) is 2.58. The first-order valence-corrected chi connectivity index (χ1v) is 7.41. The van der Waals surface area contributed by atoms with Crippen LogP contribution in [-0.2, 0) is 0 Å². The summed E-state index contributed by atoms with van der Waals surface area (Å²) in [5, 5.41) is 0. The fourth-order valence-corrected chi connectivity index (χ4v) is 2.43. The van der Waals surface area contributed by atoms with E-state index < -0.39 is 0 Å². The molecule has 0 fully saturated rings.